The summed E-state index contributed by atoms with van der Waals surface area (Å²) in [6.45, 7) is 3.30. The highest BCUT2D eigenvalue weighted by Gasteiger charge is 2.20. The Kier molecular flexibility index (Phi) is 4.71. The molecule has 0 saturated heterocycles. The standard InChI is InChI=1S/C13H17NO4/c1-4-11(15)14-12-9(8(2)13(16)17)6-5-7-10(12)18-3/h5-8H,4H2,1-3H3,(H,14,15)(H,16,17). The van der Waals surface area contributed by atoms with Crippen LogP contribution in [0, 0.1) is 0 Å². The van der Waals surface area contributed by atoms with Crippen LogP contribution in [0.2, 0.25) is 0 Å². The van der Waals surface area contributed by atoms with Crippen molar-refractivity contribution in [3.8, 4) is 5.75 Å². The first-order valence-corrected chi connectivity index (χ1v) is 5.70. The molecule has 0 heterocycles. The van der Waals surface area contributed by atoms with Crippen molar-refractivity contribution in [2.75, 3.05) is 12.4 Å². The van der Waals surface area contributed by atoms with Crippen LogP contribution in [0.4, 0.5) is 5.69 Å². The summed E-state index contributed by atoms with van der Waals surface area (Å²) in [5.41, 5.74) is 0.963. The molecule has 0 radical (unpaired) electrons. The predicted molar refractivity (Wildman–Crippen MR) is 68.0 cm³/mol. The molecule has 5 nitrogen and oxygen atoms in total. The van der Waals surface area contributed by atoms with Crippen molar-refractivity contribution in [3.63, 3.8) is 0 Å². The number of carboxylic acids is 1. The molecule has 0 aliphatic heterocycles. The molecule has 0 fully saturated rings. The summed E-state index contributed by atoms with van der Waals surface area (Å²) in [6.07, 6.45) is 0.318. The van der Waals surface area contributed by atoms with E-state index in [2.05, 4.69) is 5.32 Å². The fourth-order valence-electron chi connectivity index (χ4n) is 1.57. The van der Waals surface area contributed by atoms with E-state index >= 15 is 0 Å². The van der Waals surface area contributed by atoms with Crippen molar-refractivity contribution >= 4 is 17.6 Å². The molecule has 0 bridgehead atoms. The Hall–Kier alpha value is -2.04. The number of nitrogens with one attached hydrogen (secondary N) is 1. The molecule has 0 aliphatic rings. The fourth-order valence-corrected chi connectivity index (χ4v) is 1.57. The van der Waals surface area contributed by atoms with Crippen LogP contribution >= 0.6 is 0 Å². The molecule has 0 saturated carbocycles. The van der Waals surface area contributed by atoms with Gasteiger partial charge in [-0.3, -0.25) is 9.59 Å². The predicted octanol–water partition coefficient (Wildman–Crippen LogP) is 2.23. The summed E-state index contributed by atoms with van der Waals surface area (Å²) in [4.78, 5) is 22.5. The molecule has 0 aliphatic carbocycles. The molecular weight excluding hydrogens is 234 g/mol. The molecule has 98 valence electrons. The number of amides is 1. The maximum atomic E-state index is 11.5. The zero-order chi connectivity index (χ0) is 13.7. The summed E-state index contributed by atoms with van der Waals surface area (Å²) >= 11 is 0. The highest BCUT2D eigenvalue weighted by atomic mass is 16.5. The second-order valence-corrected chi connectivity index (χ2v) is 3.89. The number of carboxylic acid groups (broad SMARTS) is 1. The monoisotopic (exact) mass is 251 g/mol. The van der Waals surface area contributed by atoms with Gasteiger partial charge in [0.1, 0.15) is 5.75 Å². The molecule has 1 aromatic carbocycles. The summed E-state index contributed by atoms with van der Waals surface area (Å²) in [6, 6.07) is 5.06. The smallest absolute Gasteiger partial charge is 0.310 e. The van der Waals surface area contributed by atoms with Gasteiger partial charge in [-0.15, -0.1) is 0 Å². The van der Waals surface area contributed by atoms with E-state index < -0.39 is 11.9 Å². The summed E-state index contributed by atoms with van der Waals surface area (Å²) in [5.74, 6) is -1.39. The van der Waals surface area contributed by atoms with E-state index in [-0.39, 0.29) is 5.91 Å². The molecular formula is C13H17NO4. The SMILES string of the molecule is CCC(=O)Nc1c(OC)cccc1C(C)C(=O)O. The van der Waals surface area contributed by atoms with Crippen LogP contribution in [-0.4, -0.2) is 24.1 Å². The van der Waals surface area contributed by atoms with Crippen LogP contribution in [0.25, 0.3) is 0 Å². The Bertz CT molecular complexity index is 456. The lowest BCUT2D eigenvalue weighted by Gasteiger charge is -2.17. The van der Waals surface area contributed by atoms with Gasteiger partial charge in [-0.2, -0.15) is 0 Å². The molecule has 18 heavy (non-hydrogen) atoms. The molecule has 2 N–H and O–H groups in total. The van der Waals surface area contributed by atoms with Crippen LogP contribution in [-0.2, 0) is 9.59 Å². The summed E-state index contributed by atoms with van der Waals surface area (Å²) < 4.78 is 5.15. The minimum absolute atomic E-state index is 0.182. The number of rotatable bonds is 5. The number of carbonyl (C=O) groups excluding carboxylic acids is 1. The number of aliphatic carboxylic acids is 1. The van der Waals surface area contributed by atoms with Crippen LogP contribution < -0.4 is 10.1 Å². The minimum atomic E-state index is -0.949. The Morgan fingerprint density at radius 2 is 2.11 bits per heavy atom. The maximum Gasteiger partial charge on any atom is 0.310 e. The lowest BCUT2D eigenvalue weighted by molar-refractivity contribution is -0.138. The van der Waals surface area contributed by atoms with Gasteiger partial charge in [0.2, 0.25) is 5.91 Å². The van der Waals surface area contributed by atoms with E-state index in [0.717, 1.165) is 0 Å². The average molecular weight is 251 g/mol. The Labute approximate surface area is 106 Å². The van der Waals surface area contributed by atoms with Crippen molar-refractivity contribution < 1.29 is 19.4 Å². The van der Waals surface area contributed by atoms with Crippen molar-refractivity contribution in [1.82, 2.24) is 0 Å². The van der Waals surface area contributed by atoms with Crippen LogP contribution in [0.15, 0.2) is 18.2 Å². The normalized spacial score (nSPS) is 11.7. The number of hydrogen-bond acceptors (Lipinski definition) is 3. The quantitative estimate of drug-likeness (QED) is 0.841. The summed E-state index contributed by atoms with van der Waals surface area (Å²) in [7, 11) is 1.48. The van der Waals surface area contributed by atoms with Gasteiger partial charge < -0.3 is 15.2 Å². The minimum Gasteiger partial charge on any atom is -0.495 e. The third-order valence-electron chi connectivity index (χ3n) is 2.70. The van der Waals surface area contributed by atoms with Gasteiger partial charge in [0, 0.05) is 6.42 Å². The first-order valence-electron chi connectivity index (χ1n) is 5.70. The van der Waals surface area contributed by atoms with Gasteiger partial charge in [-0.05, 0) is 18.6 Å². The first-order chi connectivity index (χ1) is 8.51. The molecule has 1 amide bonds. The highest BCUT2D eigenvalue weighted by molar-refractivity contribution is 5.94. The Morgan fingerprint density at radius 1 is 1.44 bits per heavy atom. The molecule has 1 atom stereocenters. The van der Waals surface area contributed by atoms with Crippen molar-refractivity contribution in [3.05, 3.63) is 23.8 Å². The number of methoxy groups -OCH3 is 1. The number of hydrogen-bond donors (Lipinski definition) is 2. The van der Waals surface area contributed by atoms with Crippen LogP contribution in [0.3, 0.4) is 0 Å². The zero-order valence-corrected chi connectivity index (χ0v) is 10.7. The van der Waals surface area contributed by atoms with Gasteiger partial charge in [0.15, 0.2) is 0 Å². The number of anilines is 1. The maximum absolute atomic E-state index is 11.5. The van der Waals surface area contributed by atoms with Crippen LogP contribution in [0.1, 0.15) is 31.7 Å². The number of benzene rings is 1. The third kappa shape index (κ3) is 3.00. The second kappa shape index (κ2) is 6.05. The largest absolute Gasteiger partial charge is 0.495 e. The van der Waals surface area contributed by atoms with Gasteiger partial charge in [0.05, 0.1) is 18.7 Å². The van der Waals surface area contributed by atoms with Crippen molar-refractivity contribution in [2.45, 2.75) is 26.2 Å². The van der Waals surface area contributed by atoms with Crippen molar-refractivity contribution in [2.24, 2.45) is 0 Å². The van der Waals surface area contributed by atoms with Crippen molar-refractivity contribution in [1.29, 1.82) is 0 Å². The van der Waals surface area contributed by atoms with Gasteiger partial charge in [0.25, 0.3) is 0 Å². The average Bonchev–Trinajstić information content (AvgIpc) is 2.37. The fraction of sp³-hybridized carbons (Fsp3) is 0.385. The Balaban J connectivity index is 3.24. The molecule has 1 aromatic rings. The molecule has 0 aromatic heterocycles. The zero-order valence-electron chi connectivity index (χ0n) is 10.7. The van der Waals surface area contributed by atoms with E-state index in [4.69, 9.17) is 9.84 Å². The highest BCUT2D eigenvalue weighted by Crippen LogP contribution is 2.33. The van der Waals surface area contributed by atoms with E-state index in [1.807, 2.05) is 0 Å². The number of carbonyl (C=O) groups is 2. The molecule has 0 spiro atoms. The third-order valence-corrected chi connectivity index (χ3v) is 2.70. The lowest BCUT2D eigenvalue weighted by atomic mass is 9.98. The van der Waals surface area contributed by atoms with E-state index in [0.29, 0.717) is 23.4 Å². The van der Waals surface area contributed by atoms with Gasteiger partial charge in [-0.1, -0.05) is 19.1 Å². The topological polar surface area (TPSA) is 75.6 Å². The van der Waals surface area contributed by atoms with E-state index in [9.17, 15) is 9.59 Å². The van der Waals surface area contributed by atoms with Crippen LogP contribution in [0.5, 0.6) is 5.75 Å². The van der Waals surface area contributed by atoms with Gasteiger partial charge >= 0.3 is 5.97 Å². The number of ether oxygens (including phenoxy) is 1. The second-order valence-electron chi connectivity index (χ2n) is 3.89. The molecule has 5 heteroatoms. The lowest BCUT2D eigenvalue weighted by Crippen LogP contribution is -2.16. The Morgan fingerprint density at radius 3 is 2.61 bits per heavy atom. The first kappa shape index (κ1) is 14.0. The summed E-state index contributed by atoms with van der Waals surface area (Å²) in [5, 5.41) is 11.7. The van der Waals surface area contributed by atoms with E-state index in [1.165, 1.54) is 7.11 Å². The number of para-hydroxylation sites is 1. The van der Waals surface area contributed by atoms with E-state index in [1.54, 1.807) is 32.0 Å². The molecule has 1 unspecified atom stereocenters. The van der Waals surface area contributed by atoms with Gasteiger partial charge in [-0.25, -0.2) is 0 Å². The molecule has 1 rings (SSSR count).